The Hall–Kier alpha value is -1.20. The van der Waals surface area contributed by atoms with Crippen molar-refractivity contribution >= 4 is 16.7 Å². The molecule has 0 aliphatic carbocycles. The number of benzene rings is 1. The highest BCUT2D eigenvalue weighted by Gasteiger charge is 2.20. The molecule has 4 nitrogen and oxygen atoms in total. The van der Waals surface area contributed by atoms with Crippen LogP contribution in [0.3, 0.4) is 0 Å². The minimum absolute atomic E-state index is 0.0449. The van der Waals surface area contributed by atoms with Gasteiger partial charge in [-0.25, -0.2) is 0 Å². The maximum Gasteiger partial charge on any atom is 0.251 e. The molecule has 2 rings (SSSR count). The third-order valence-electron chi connectivity index (χ3n) is 3.35. The molecule has 1 aliphatic heterocycles. The van der Waals surface area contributed by atoms with E-state index in [0.717, 1.165) is 24.8 Å². The summed E-state index contributed by atoms with van der Waals surface area (Å²) in [7, 11) is -0.692. The molecule has 19 heavy (non-hydrogen) atoms. The van der Waals surface area contributed by atoms with Crippen LogP contribution in [-0.4, -0.2) is 34.2 Å². The molecule has 1 amide bonds. The number of nitrogens with one attached hydrogen (secondary N) is 1. The monoisotopic (exact) mass is 280 g/mol. The number of hydrogen-bond acceptors (Lipinski definition) is 3. The smallest absolute Gasteiger partial charge is 0.251 e. The Morgan fingerprint density at radius 2 is 2.11 bits per heavy atom. The lowest BCUT2D eigenvalue weighted by atomic mass is 10.1. The summed E-state index contributed by atoms with van der Waals surface area (Å²) < 4.78 is 11.3. The van der Waals surface area contributed by atoms with Gasteiger partial charge in [0.1, 0.15) is 0 Å². The number of amides is 1. The van der Waals surface area contributed by atoms with Crippen molar-refractivity contribution in [2.24, 2.45) is 5.73 Å². The Bertz CT molecular complexity index is 466. The van der Waals surface area contributed by atoms with Crippen LogP contribution in [0.1, 0.15) is 28.8 Å². The second-order valence-electron chi connectivity index (χ2n) is 4.83. The molecular formula is C14H20N2O2S. The predicted octanol–water partition coefficient (Wildman–Crippen LogP) is 0.829. The van der Waals surface area contributed by atoms with Gasteiger partial charge < -0.3 is 11.1 Å². The van der Waals surface area contributed by atoms with Crippen LogP contribution in [0.4, 0.5) is 0 Å². The van der Waals surface area contributed by atoms with Crippen molar-refractivity contribution in [3.05, 3.63) is 35.4 Å². The Balaban J connectivity index is 1.95. The van der Waals surface area contributed by atoms with Crippen LogP contribution < -0.4 is 11.1 Å². The van der Waals surface area contributed by atoms with Gasteiger partial charge in [0.25, 0.3) is 5.91 Å². The number of rotatable bonds is 4. The number of nitrogens with two attached hydrogens (primary N) is 1. The minimum Gasteiger partial charge on any atom is -0.349 e. The Morgan fingerprint density at radius 3 is 2.79 bits per heavy atom. The Kier molecular flexibility index (Phi) is 5.10. The van der Waals surface area contributed by atoms with Crippen molar-refractivity contribution in [2.75, 3.05) is 18.1 Å². The molecule has 0 saturated carbocycles. The van der Waals surface area contributed by atoms with Crippen LogP contribution >= 0.6 is 0 Å². The highest BCUT2D eigenvalue weighted by molar-refractivity contribution is 7.85. The normalized spacial score (nSPS) is 23.0. The van der Waals surface area contributed by atoms with Gasteiger partial charge in [-0.15, -0.1) is 0 Å². The van der Waals surface area contributed by atoms with E-state index in [1.165, 1.54) is 0 Å². The average Bonchev–Trinajstić information content (AvgIpc) is 2.42. The summed E-state index contributed by atoms with van der Waals surface area (Å²) in [5.41, 5.74) is 7.28. The third-order valence-corrected chi connectivity index (χ3v) is 4.73. The molecule has 1 fully saturated rings. The Morgan fingerprint density at radius 1 is 1.37 bits per heavy atom. The summed E-state index contributed by atoms with van der Waals surface area (Å²) in [5.74, 6) is 1.34. The second kappa shape index (κ2) is 6.82. The van der Waals surface area contributed by atoms with Crippen LogP contribution in [0.5, 0.6) is 0 Å². The van der Waals surface area contributed by atoms with E-state index in [0.29, 0.717) is 23.6 Å². The molecule has 104 valence electrons. The molecule has 1 aliphatic rings. The van der Waals surface area contributed by atoms with Crippen molar-refractivity contribution in [1.29, 1.82) is 0 Å². The lowest BCUT2D eigenvalue weighted by Crippen LogP contribution is -2.39. The summed E-state index contributed by atoms with van der Waals surface area (Å²) in [5, 5.41) is 3.02. The van der Waals surface area contributed by atoms with Gasteiger partial charge in [0.15, 0.2) is 0 Å². The van der Waals surface area contributed by atoms with Crippen molar-refractivity contribution in [3.63, 3.8) is 0 Å². The van der Waals surface area contributed by atoms with E-state index in [9.17, 15) is 9.00 Å². The molecule has 5 heteroatoms. The van der Waals surface area contributed by atoms with E-state index in [-0.39, 0.29) is 11.9 Å². The molecule has 1 aromatic rings. The fourth-order valence-electron chi connectivity index (χ4n) is 2.24. The number of hydrogen-bond donors (Lipinski definition) is 2. The number of carbonyl (C=O) groups excluding carboxylic acids is 1. The third kappa shape index (κ3) is 4.14. The number of carbonyl (C=O) groups is 1. The van der Waals surface area contributed by atoms with E-state index in [1.54, 1.807) is 0 Å². The molecule has 0 spiro atoms. The fraction of sp³-hybridized carbons (Fsp3) is 0.500. The highest BCUT2D eigenvalue weighted by Crippen LogP contribution is 2.11. The molecule has 0 radical (unpaired) electrons. The van der Waals surface area contributed by atoms with E-state index in [1.807, 2.05) is 24.3 Å². The average molecular weight is 280 g/mol. The first-order valence-electron chi connectivity index (χ1n) is 6.64. The van der Waals surface area contributed by atoms with Crippen LogP contribution in [0.2, 0.25) is 0 Å². The van der Waals surface area contributed by atoms with Gasteiger partial charge in [-0.3, -0.25) is 9.00 Å². The summed E-state index contributed by atoms with van der Waals surface area (Å²) in [6.07, 6.45) is 2.39. The molecule has 1 aromatic carbocycles. The summed E-state index contributed by atoms with van der Waals surface area (Å²) in [6.45, 7) is 0.583. The van der Waals surface area contributed by atoms with Gasteiger partial charge in [-0.05, 0) is 43.5 Å². The van der Waals surface area contributed by atoms with Crippen molar-refractivity contribution in [3.8, 4) is 0 Å². The molecular weight excluding hydrogens is 260 g/mol. The van der Waals surface area contributed by atoms with Gasteiger partial charge in [0.2, 0.25) is 0 Å². The van der Waals surface area contributed by atoms with E-state index >= 15 is 0 Å². The van der Waals surface area contributed by atoms with Crippen molar-refractivity contribution < 1.29 is 9.00 Å². The summed E-state index contributed by atoms with van der Waals surface area (Å²) in [4.78, 5) is 12.1. The Labute approximate surface area is 116 Å². The molecule has 3 N–H and O–H groups in total. The topological polar surface area (TPSA) is 72.2 Å². The quantitative estimate of drug-likeness (QED) is 0.858. The first-order chi connectivity index (χ1) is 9.19. The first-order valence-corrected chi connectivity index (χ1v) is 8.12. The summed E-state index contributed by atoms with van der Waals surface area (Å²) >= 11 is 0. The SMILES string of the molecule is NCCc1cccc(C(=O)NC2CCS(=O)CC2)c1. The van der Waals surface area contributed by atoms with Gasteiger partial charge in [-0.1, -0.05) is 12.1 Å². The van der Waals surface area contributed by atoms with E-state index in [4.69, 9.17) is 5.73 Å². The lowest BCUT2D eigenvalue weighted by Gasteiger charge is -2.22. The van der Waals surface area contributed by atoms with Crippen LogP contribution in [0, 0.1) is 0 Å². The van der Waals surface area contributed by atoms with Gasteiger partial charge in [0.05, 0.1) is 0 Å². The zero-order valence-electron chi connectivity index (χ0n) is 10.9. The summed E-state index contributed by atoms with van der Waals surface area (Å²) in [6, 6.07) is 7.73. The van der Waals surface area contributed by atoms with E-state index < -0.39 is 10.8 Å². The highest BCUT2D eigenvalue weighted by atomic mass is 32.2. The van der Waals surface area contributed by atoms with Crippen LogP contribution in [-0.2, 0) is 17.2 Å². The van der Waals surface area contributed by atoms with Gasteiger partial charge in [0, 0.05) is 33.9 Å². The molecule has 0 aromatic heterocycles. The molecule has 1 heterocycles. The first kappa shape index (κ1) is 14.2. The molecule has 0 atom stereocenters. The zero-order chi connectivity index (χ0) is 13.7. The maximum atomic E-state index is 12.1. The van der Waals surface area contributed by atoms with Crippen LogP contribution in [0.15, 0.2) is 24.3 Å². The van der Waals surface area contributed by atoms with Crippen LogP contribution in [0.25, 0.3) is 0 Å². The maximum absolute atomic E-state index is 12.1. The molecule has 1 saturated heterocycles. The van der Waals surface area contributed by atoms with Crippen molar-refractivity contribution in [2.45, 2.75) is 25.3 Å². The van der Waals surface area contributed by atoms with E-state index in [2.05, 4.69) is 5.32 Å². The van der Waals surface area contributed by atoms with Gasteiger partial charge in [-0.2, -0.15) is 0 Å². The predicted molar refractivity (Wildman–Crippen MR) is 77.6 cm³/mol. The van der Waals surface area contributed by atoms with Crippen molar-refractivity contribution in [1.82, 2.24) is 5.32 Å². The standard InChI is InChI=1S/C14H20N2O2S/c15-7-4-11-2-1-3-12(10-11)14(17)16-13-5-8-19(18)9-6-13/h1-3,10,13H,4-9,15H2,(H,16,17). The van der Waals surface area contributed by atoms with Gasteiger partial charge >= 0.3 is 0 Å². The fourth-order valence-corrected chi connectivity index (χ4v) is 3.54. The lowest BCUT2D eigenvalue weighted by molar-refractivity contribution is 0.0934. The zero-order valence-corrected chi connectivity index (χ0v) is 11.7. The minimum atomic E-state index is -0.692. The molecule has 0 unspecified atom stereocenters. The largest absolute Gasteiger partial charge is 0.349 e. The molecule has 0 bridgehead atoms. The second-order valence-corrected chi connectivity index (χ2v) is 6.53.